The van der Waals surface area contributed by atoms with E-state index in [2.05, 4.69) is 0 Å². The van der Waals surface area contributed by atoms with E-state index in [1.54, 1.807) is 25.1 Å². The summed E-state index contributed by atoms with van der Waals surface area (Å²) in [4.78, 5) is 21.6. The van der Waals surface area contributed by atoms with Crippen molar-refractivity contribution >= 4 is 17.5 Å². The summed E-state index contributed by atoms with van der Waals surface area (Å²) in [7, 11) is 0. The zero-order valence-electron chi connectivity index (χ0n) is 11.5. The molecule has 1 rings (SSSR count). The van der Waals surface area contributed by atoms with Gasteiger partial charge in [-0.15, -0.1) is 0 Å². The van der Waals surface area contributed by atoms with E-state index in [9.17, 15) is 14.7 Å². The Balaban J connectivity index is 2.99. The Morgan fingerprint density at radius 1 is 1.38 bits per heavy atom. The van der Waals surface area contributed by atoms with Crippen molar-refractivity contribution in [2.75, 3.05) is 6.61 Å². The Morgan fingerprint density at radius 2 is 2.10 bits per heavy atom. The smallest absolute Gasteiger partial charge is 0.376 e. The van der Waals surface area contributed by atoms with Gasteiger partial charge in [0, 0.05) is 12.5 Å². The Kier molecular flexibility index (Phi) is 5.96. The lowest BCUT2D eigenvalue weighted by atomic mass is 10.1. The summed E-state index contributed by atoms with van der Waals surface area (Å²) in [6.07, 6.45) is 1.52. The van der Waals surface area contributed by atoms with Gasteiger partial charge in [0.1, 0.15) is 11.5 Å². The molecule has 6 heteroatoms. The van der Waals surface area contributed by atoms with E-state index in [1.165, 1.54) is 0 Å². The topological polar surface area (TPSA) is 108 Å². The number of ketones is 1. The SMILES string of the molecule is Cc1ccc(OCCCC#N)c(C(O)=CC(=O)C(=O)O)c1. The van der Waals surface area contributed by atoms with Gasteiger partial charge < -0.3 is 14.9 Å². The van der Waals surface area contributed by atoms with E-state index >= 15 is 0 Å². The second kappa shape index (κ2) is 7.70. The lowest BCUT2D eigenvalue weighted by Gasteiger charge is -2.11. The van der Waals surface area contributed by atoms with Gasteiger partial charge >= 0.3 is 5.97 Å². The molecule has 1 aromatic carbocycles. The third kappa shape index (κ3) is 4.99. The van der Waals surface area contributed by atoms with Crippen molar-refractivity contribution in [3.05, 3.63) is 35.4 Å². The lowest BCUT2D eigenvalue weighted by Crippen LogP contribution is -2.10. The van der Waals surface area contributed by atoms with Gasteiger partial charge in [-0.2, -0.15) is 5.26 Å². The van der Waals surface area contributed by atoms with Gasteiger partial charge in [0.05, 0.1) is 18.2 Å². The summed E-state index contributed by atoms with van der Waals surface area (Å²) in [6.45, 7) is 2.07. The molecule has 0 bridgehead atoms. The third-order valence-corrected chi connectivity index (χ3v) is 2.58. The van der Waals surface area contributed by atoms with Gasteiger partial charge in [-0.25, -0.2) is 4.79 Å². The Bertz CT molecular complexity index is 613. The van der Waals surface area contributed by atoms with E-state index < -0.39 is 17.5 Å². The molecule has 6 nitrogen and oxygen atoms in total. The first-order valence-electron chi connectivity index (χ1n) is 6.24. The Labute approximate surface area is 121 Å². The van der Waals surface area contributed by atoms with Gasteiger partial charge in [-0.05, 0) is 25.5 Å². The van der Waals surface area contributed by atoms with Crippen LogP contribution in [0.4, 0.5) is 0 Å². The molecule has 0 unspecified atom stereocenters. The number of aryl methyl sites for hydroxylation is 1. The van der Waals surface area contributed by atoms with Crippen LogP contribution < -0.4 is 4.74 Å². The molecule has 0 saturated carbocycles. The maximum atomic E-state index is 11.1. The van der Waals surface area contributed by atoms with Crippen LogP contribution >= 0.6 is 0 Å². The van der Waals surface area contributed by atoms with Crippen molar-refractivity contribution in [1.29, 1.82) is 5.26 Å². The highest BCUT2D eigenvalue weighted by Gasteiger charge is 2.14. The number of carbonyl (C=O) groups excluding carboxylic acids is 1. The van der Waals surface area contributed by atoms with Crippen LogP contribution in [0.1, 0.15) is 24.0 Å². The minimum absolute atomic E-state index is 0.238. The summed E-state index contributed by atoms with van der Waals surface area (Å²) in [5.74, 6) is -3.01. The molecular weight excluding hydrogens is 274 g/mol. The van der Waals surface area contributed by atoms with Crippen molar-refractivity contribution in [1.82, 2.24) is 0 Å². The number of rotatable bonds is 7. The molecule has 0 fully saturated rings. The monoisotopic (exact) mass is 289 g/mol. The van der Waals surface area contributed by atoms with Crippen LogP contribution in [0.3, 0.4) is 0 Å². The van der Waals surface area contributed by atoms with E-state index in [0.717, 1.165) is 5.56 Å². The van der Waals surface area contributed by atoms with Gasteiger partial charge in [0.15, 0.2) is 0 Å². The quantitative estimate of drug-likeness (QED) is 0.345. The number of benzene rings is 1. The van der Waals surface area contributed by atoms with Crippen molar-refractivity contribution < 1.29 is 24.5 Å². The number of nitrogens with zero attached hydrogens (tertiary/aromatic N) is 1. The molecule has 0 spiro atoms. The molecule has 0 aliphatic rings. The van der Waals surface area contributed by atoms with E-state index in [0.29, 0.717) is 24.7 Å². The van der Waals surface area contributed by atoms with E-state index in [1.807, 2.05) is 6.07 Å². The summed E-state index contributed by atoms with van der Waals surface area (Å²) in [5, 5.41) is 26.9. The first kappa shape index (κ1) is 16.2. The minimum Gasteiger partial charge on any atom is -0.507 e. The number of hydrogen-bond acceptors (Lipinski definition) is 5. The van der Waals surface area contributed by atoms with Crippen LogP contribution in [-0.2, 0) is 9.59 Å². The highest BCUT2D eigenvalue weighted by molar-refractivity contribution is 6.38. The lowest BCUT2D eigenvalue weighted by molar-refractivity contribution is -0.146. The molecule has 21 heavy (non-hydrogen) atoms. The number of hydrogen-bond donors (Lipinski definition) is 2. The number of ether oxygens (including phenoxy) is 1. The Hall–Kier alpha value is -2.81. The van der Waals surface area contributed by atoms with Crippen molar-refractivity contribution in [2.45, 2.75) is 19.8 Å². The molecule has 0 aliphatic heterocycles. The number of carboxylic acid groups (broad SMARTS) is 1. The predicted molar refractivity (Wildman–Crippen MR) is 74.8 cm³/mol. The fourth-order valence-electron chi connectivity index (χ4n) is 1.57. The van der Waals surface area contributed by atoms with Crippen LogP contribution in [0.5, 0.6) is 5.75 Å². The average molecular weight is 289 g/mol. The number of unbranched alkanes of at least 4 members (excludes halogenated alkanes) is 1. The molecule has 0 atom stereocenters. The molecule has 1 aromatic rings. The minimum atomic E-state index is -1.65. The van der Waals surface area contributed by atoms with Crippen molar-refractivity contribution in [3.63, 3.8) is 0 Å². The summed E-state index contributed by atoms with van der Waals surface area (Å²) in [6, 6.07) is 6.95. The number of nitriles is 1. The van der Waals surface area contributed by atoms with Gasteiger partial charge in [-0.1, -0.05) is 11.6 Å². The highest BCUT2D eigenvalue weighted by atomic mass is 16.5. The largest absolute Gasteiger partial charge is 0.507 e. The molecule has 0 heterocycles. The summed E-state index contributed by atoms with van der Waals surface area (Å²) >= 11 is 0. The van der Waals surface area contributed by atoms with Crippen LogP contribution in [0, 0.1) is 18.3 Å². The zero-order valence-corrected chi connectivity index (χ0v) is 11.5. The Morgan fingerprint density at radius 3 is 2.71 bits per heavy atom. The second-order valence-electron chi connectivity index (χ2n) is 4.31. The first-order valence-corrected chi connectivity index (χ1v) is 6.24. The van der Waals surface area contributed by atoms with Crippen molar-refractivity contribution in [3.8, 4) is 11.8 Å². The number of aliphatic hydroxyl groups excluding tert-OH is 1. The number of aliphatic carboxylic acids is 1. The fourth-order valence-corrected chi connectivity index (χ4v) is 1.57. The fraction of sp³-hybridized carbons (Fsp3) is 0.267. The zero-order chi connectivity index (χ0) is 15.8. The first-order chi connectivity index (χ1) is 9.95. The molecular formula is C15H15NO5. The average Bonchev–Trinajstić information content (AvgIpc) is 2.44. The maximum Gasteiger partial charge on any atom is 0.376 e. The van der Waals surface area contributed by atoms with Crippen LogP contribution in [-0.4, -0.2) is 28.6 Å². The van der Waals surface area contributed by atoms with Gasteiger partial charge in [0.25, 0.3) is 5.78 Å². The number of carbonyl (C=O) groups is 2. The predicted octanol–water partition coefficient (Wildman–Crippen LogP) is 2.23. The van der Waals surface area contributed by atoms with E-state index in [-0.39, 0.29) is 12.2 Å². The van der Waals surface area contributed by atoms with Gasteiger partial charge in [-0.3, -0.25) is 4.79 Å². The molecule has 0 amide bonds. The third-order valence-electron chi connectivity index (χ3n) is 2.58. The summed E-state index contributed by atoms with van der Waals surface area (Å²) < 4.78 is 5.45. The standard InChI is InChI=1S/C15H15NO5/c1-10-4-5-14(21-7-3-2-6-16)11(8-10)12(17)9-13(18)15(19)20/h4-5,8-9,17H,2-3,7H2,1H3,(H,19,20). The molecule has 110 valence electrons. The normalized spacial score (nSPS) is 10.8. The maximum absolute atomic E-state index is 11.1. The second-order valence-corrected chi connectivity index (χ2v) is 4.31. The van der Waals surface area contributed by atoms with E-state index in [4.69, 9.17) is 15.1 Å². The van der Waals surface area contributed by atoms with Crippen LogP contribution in [0.25, 0.3) is 5.76 Å². The number of carboxylic acids is 1. The molecule has 0 aliphatic carbocycles. The van der Waals surface area contributed by atoms with Crippen molar-refractivity contribution in [2.24, 2.45) is 0 Å². The molecule has 0 saturated heterocycles. The number of aliphatic hydroxyl groups is 1. The van der Waals surface area contributed by atoms with Crippen LogP contribution in [0.15, 0.2) is 24.3 Å². The van der Waals surface area contributed by atoms with Crippen LogP contribution in [0.2, 0.25) is 0 Å². The molecule has 0 aromatic heterocycles. The highest BCUT2D eigenvalue weighted by Crippen LogP contribution is 2.26. The molecule has 0 radical (unpaired) electrons. The summed E-state index contributed by atoms with van der Waals surface area (Å²) in [5.41, 5.74) is 1.05. The molecule has 2 N–H and O–H groups in total. The van der Waals surface area contributed by atoms with Gasteiger partial charge in [0.2, 0.25) is 0 Å².